The lowest BCUT2D eigenvalue weighted by Crippen LogP contribution is -2.42. The number of carbonyl (C=O) groups excluding carboxylic acids is 4. The third-order valence-corrected chi connectivity index (χ3v) is 10.3. The summed E-state index contributed by atoms with van der Waals surface area (Å²) in [5.74, 6) is -1.11. The quantitative estimate of drug-likeness (QED) is 0.0450. The molecule has 5 N–H and O–H groups in total. The van der Waals surface area contributed by atoms with Crippen LogP contribution in [-0.4, -0.2) is 76.3 Å². The predicted octanol–water partition coefficient (Wildman–Crippen LogP) is 4.55. The monoisotopic (exact) mass is 784 g/mol. The molecule has 1 aromatic heterocycles. The average Bonchev–Trinajstić information content (AvgIpc) is 3.63. The molecule has 0 fully saturated rings. The summed E-state index contributed by atoms with van der Waals surface area (Å²) in [6.07, 6.45) is 3.06. The molecule has 0 aliphatic carbocycles. The van der Waals surface area contributed by atoms with Crippen LogP contribution in [0.15, 0.2) is 76.0 Å². The van der Waals surface area contributed by atoms with Crippen molar-refractivity contribution >= 4 is 51.4 Å². The maximum Gasteiger partial charge on any atom is 0.335 e. The van der Waals surface area contributed by atoms with Crippen LogP contribution in [0.25, 0.3) is 0 Å². The van der Waals surface area contributed by atoms with E-state index in [0.29, 0.717) is 50.1 Å². The molecule has 1 unspecified atom stereocenters. The lowest BCUT2D eigenvalue weighted by molar-refractivity contribution is -0.155. The molecule has 2 aromatic carbocycles. The molecule has 0 spiro atoms. The number of hydrazone groups is 1. The number of ether oxygens (including phenoxy) is 2. The van der Waals surface area contributed by atoms with Crippen LogP contribution >= 0.6 is 11.3 Å². The van der Waals surface area contributed by atoms with Crippen LogP contribution in [0.2, 0.25) is 0 Å². The number of sulfonamides is 1. The van der Waals surface area contributed by atoms with Gasteiger partial charge in [0.25, 0.3) is 5.91 Å². The Kier molecular flexibility index (Phi) is 17.6. The van der Waals surface area contributed by atoms with Crippen molar-refractivity contribution in [2.24, 2.45) is 5.10 Å². The molecule has 294 valence electrons. The van der Waals surface area contributed by atoms with E-state index in [2.05, 4.69) is 31.2 Å². The van der Waals surface area contributed by atoms with Crippen LogP contribution in [0.1, 0.15) is 75.3 Å². The molecule has 14 nitrogen and oxygen atoms in total. The first-order chi connectivity index (χ1) is 25.7. The second-order valence-corrected chi connectivity index (χ2v) is 16.1. The highest BCUT2D eigenvalue weighted by Gasteiger charge is 2.26. The number of urea groups is 1. The zero-order valence-corrected chi connectivity index (χ0v) is 33.1. The molecule has 54 heavy (non-hydrogen) atoms. The molecular formula is C38H52N6O8S2. The van der Waals surface area contributed by atoms with Crippen molar-refractivity contribution in [2.45, 2.75) is 89.2 Å². The van der Waals surface area contributed by atoms with Gasteiger partial charge in [-0.15, -0.1) is 11.3 Å². The smallest absolute Gasteiger partial charge is 0.335 e. The maximum atomic E-state index is 13.7. The van der Waals surface area contributed by atoms with Crippen molar-refractivity contribution < 1.29 is 37.1 Å². The van der Waals surface area contributed by atoms with Gasteiger partial charge in [-0.05, 0) is 94.7 Å². The molecule has 0 saturated carbocycles. The number of esters is 1. The second kappa shape index (κ2) is 21.8. The van der Waals surface area contributed by atoms with Crippen LogP contribution in [0, 0.1) is 6.92 Å². The number of aryl methyl sites for hydroxylation is 1. The van der Waals surface area contributed by atoms with Gasteiger partial charge in [-0.1, -0.05) is 42.8 Å². The predicted molar refractivity (Wildman–Crippen MR) is 209 cm³/mol. The minimum Gasteiger partial charge on any atom is -0.484 e. The standard InChI is InChI=1S/C38H52N6O8S2/c1-6-39-34(45)26-51-30-18-16-28(17-19-30)20-22-40-37(48)44-41-25-29(24-35(46)52-38(3,4)5)43-36(47)31(32-14-11-23-53-32)13-9-10-21-42-54(49,50)33-15-8-7-12-27(33)2/h7-8,11-12,14-19,23,25,29,31,42H,6,9-10,13,20-22,24,26H2,1-5H3,(H,39,45)(H,43,47)(H2,40,44,48)/b41-25+/t29-,31?/m0/s1. The van der Waals surface area contributed by atoms with E-state index in [-0.39, 0.29) is 36.3 Å². The van der Waals surface area contributed by atoms with Crippen LogP contribution in [0.5, 0.6) is 5.75 Å². The van der Waals surface area contributed by atoms with Crippen molar-refractivity contribution in [3.63, 3.8) is 0 Å². The van der Waals surface area contributed by atoms with Gasteiger partial charge in [0.2, 0.25) is 15.9 Å². The summed E-state index contributed by atoms with van der Waals surface area (Å²) in [4.78, 5) is 51.6. The number of likely N-dealkylation sites (N-methyl/N-ethyl adjacent to an activating group) is 1. The fourth-order valence-corrected chi connectivity index (χ4v) is 7.37. The molecule has 3 aromatic rings. The number of carbonyl (C=O) groups is 4. The maximum absolute atomic E-state index is 13.7. The molecule has 0 bridgehead atoms. The first kappa shape index (κ1) is 43.6. The highest BCUT2D eigenvalue weighted by Crippen LogP contribution is 2.27. The highest BCUT2D eigenvalue weighted by molar-refractivity contribution is 7.89. The van der Waals surface area contributed by atoms with E-state index < -0.39 is 39.6 Å². The summed E-state index contributed by atoms with van der Waals surface area (Å²) in [6.45, 7) is 9.75. The largest absolute Gasteiger partial charge is 0.484 e. The van der Waals surface area contributed by atoms with Gasteiger partial charge in [-0.2, -0.15) is 5.10 Å². The van der Waals surface area contributed by atoms with E-state index in [9.17, 15) is 27.6 Å². The Hall–Kier alpha value is -4.80. The van der Waals surface area contributed by atoms with Gasteiger partial charge in [0.1, 0.15) is 11.4 Å². The Bertz CT molecular complexity index is 1790. The van der Waals surface area contributed by atoms with E-state index in [1.807, 2.05) is 36.6 Å². The van der Waals surface area contributed by atoms with Gasteiger partial charge in [0.05, 0.1) is 23.3 Å². The minimum atomic E-state index is -3.67. The SMILES string of the molecule is CCNC(=O)COc1ccc(CCNC(=O)N/N=C/[C@H](CC(=O)OC(C)(C)C)NC(=O)C(CCCCNS(=O)(=O)c2ccccc2C)c2cccs2)cc1. The molecule has 1 heterocycles. The summed E-state index contributed by atoms with van der Waals surface area (Å²) in [6, 6.07) is 16.2. The van der Waals surface area contributed by atoms with Crippen molar-refractivity contribution in [1.82, 2.24) is 26.1 Å². The first-order valence-electron chi connectivity index (χ1n) is 17.8. The molecule has 0 aliphatic rings. The Labute approximate surface area is 321 Å². The fourth-order valence-electron chi connectivity index (χ4n) is 5.19. The molecule has 3 rings (SSSR count). The van der Waals surface area contributed by atoms with E-state index in [0.717, 1.165) is 10.4 Å². The third kappa shape index (κ3) is 16.1. The van der Waals surface area contributed by atoms with E-state index in [4.69, 9.17) is 9.47 Å². The number of unbranched alkanes of at least 4 members (excludes halogenated alkanes) is 1. The van der Waals surface area contributed by atoms with Crippen molar-refractivity contribution in [1.29, 1.82) is 0 Å². The number of nitrogens with zero attached hydrogens (tertiary/aromatic N) is 1. The zero-order valence-electron chi connectivity index (χ0n) is 31.5. The molecular weight excluding hydrogens is 733 g/mol. The minimum absolute atomic E-state index is 0.0730. The van der Waals surface area contributed by atoms with Crippen LogP contribution in [-0.2, 0) is 35.6 Å². The van der Waals surface area contributed by atoms with Crippen molar-refractivity contribution in [2.75, 3.05) is 26.2 Å². The Morgan fingerprint density at radius 2 is 1.69 bits per heavy atom. The van der Waals surface area contributed by atoms with Crippen LogP contribution in [0.3, 0.4) is 0 Å². The normalized spacial score (nSPS) is 12.8. The number of amides is 4. The van der Waals surface area contributed by atoms with Crippen molar-refractivity contribution in [3.05, 3.63) is 82.0 Å². The number of rotatable bonds is 21. The van der Waals surface area contributed by atoms with Crippen LogP contribution < -0.4 is 30.8 Å². The van der Waals surface area contributed by atoms with E-state index in [1.165, 1.54) is 17.6 Å². The molecule has 16 heteroatoms. The number of thiophene rings is 1. The lowest BCUT2D eigenvalue weighted by atomic mass is 9.98. The van der Waals surface area contributed by atoms with Crippen molar-refractivity contribution in [3.8, 4) is 5.75 Å². The first-order valence-corrected chi connectivity index (χ1v) is 20.2. The summed E-state index contributed by atoms with van der Waals surface area (Å²) in [5.41, 5.74) is 3.22. The topological polar surface area (TPSA) is 193 Å². The van der Waals surface area contributed by atoms with E-state index >= 15 is 0 Å². The molecule has 4 amide bonds. The number of benzene rings is 2. The zero-order chi connectivity index (χ0) is 39.6. The molecule has 0 aliphatic heterocycles. The van der Waals surface area contributed by atoms with Gasteiger partial charge < -0.3 is 25.4 Å². The lowest BCUT2D eigenvalue weighted by Gasteiger charge is -2.23. The highest BCUT2D eigenvalue weighted by atomic mass is 32.2. The summed E-state index contributed by atoms with van der Waals surface area (Å²) >= 11 is 1.42. The number of hydrogen-bond acceptors (Lipinski definition) is 10. The van der Waals surface area contributed by atoms with Crippen LogP contribution in [0.4, 0.5) is 4.79 Å². The Morgan fingerprint density at radius 1 is 0.944 bits per heavy atom. The molecule has 2 atom stereocenters. The Morgan fingerprint density at radius 3 is 2.35 bits per heavy atom. The number of nitrogens with one attached hydrogen (secondary N) is 5. The number of hydrogen-bond donors (Lipinski definition) is 5. The summed E-state index contributed by atoms with van der Waals surface area (Å²) in [7, 11) is -3.67. The third-order valence-electron chi connectivity index (χ3n) is 7.72. The average molecular weight is 785 g/mol. The summed E-state index contributed by atoms with van der Waals surface area (Å²) in [5, 5.41) is 14.1. The van der Waals surface area contributed by atoms with E-state index in [1.54, 1.807) is 64.1 Å². The van der Waals surface area contributed by atoms with Gasteiger partial charge in [-0.25, -0.2) is 23.4 Å². The van der Waals surface area contributed by atoms with Gasteiger partial charge in [0.15, 0.2) is 6.61 Å². The van der Waals surface area contributed by atoms with Gasteiger partial charge >= 0.3 is 12.0 Å². The Balaban J connectivity index is 1.55. The fraction of sp³-hybridized carbons (Fsp3) is 0.447. The second-order valence-electron chi connectivity index (χ2n) is 13.4. The molecule has 0 saturated heterocycles. The van der Waals surface area contributed by atoms with Gasteiger partial charge in [0, 0.05) is 30.7 Å². The van der Waals surface area contributed by atoms with Gasteiger partial charge in [-0.3, -0.25) is 14.4 Å². The molecule has 0 radical (unpaired) electrons. The summed E-state index contributed by atoms with van der Waals surface area (Å²) < 4.78 is 39.1.